The summed E-state index contributed by atoms with van der Waals surface area (Å²) in [7, 11) is 1.62. The zero-order valence-corrected chi connectivity index (χ0v) is 17.8. The monoisotopic (exact) mass is 466 g/mol. The molecule has 4 nitrogen and oxygen atoms in total. The molecule has 1 aliphatic rings. The number of ether oxygens (including phenoxy) is 1. The Labute approximate surface area is 182 Å². The Morgan fingerprint density at radius 2 is 1.76 bits per heavy atom. The lowest BCUT2D eigenvalue weighted by atomic mass is 10.1. The van der Waals surface area contributed by atoms with Crippen molar-refractivity contribution in [1.29, 1.82) is 0 Å². The van der Waals surface area contributed by atoms with Crippen molar-refractivity contribution in [3.63, 3.8) is 0 Å². The van der Waals surface area contributed by atoms with E-state index in [1.807, 2.05) is 60.7 Å². The molecule has 6 heteroatoms. The van der Waals surface area contributed by atoms with E-state index in [4.69, 9.17) is 16.3 Å². The second-order valence-electron chi connectivity index (χ2n) is 6.37. The number of rotatable bonds is 4. The summed E-state index contributed by atoms with van der Waals surface area (Å²) in [6, 6.07) is 22.3. The van der Waals surface area contributed by atoms with Crippen molar-refractivity contribution in [1.82, 2.24) is 0 Å². The molecular formula is C23H16BrClN2O2. The number of carbonyl (C=O) groups is 1. The van der Waals surface area contributed by atoms with Gasteiger partial charge in [0.15, 0.2) is 0 Å². The van der Waals surface area contributed by atoms with Gasteiger partial charge < -0.3 is 4.74 Å². The highest BCUT2D eigenvalue weighted by Crippen LogP contribution is 2.30. The van der Waals surface area contributed by atoms with E-state index in [9.17, 15) is 4.79 Å². The number of aliphatic imine (C=N–C) groups is 1. The van der Waals surface area contributed by atoms with Gasteiger partial charge in [-0.15, -0.1) is 0 Å². The van der Waals surface area contributed by atoms with Crippen LogP contribution in [0.3, 0.4) is 0 Å². The van der Waals surface area contributed by atoms with Crippen LogP contribution in [0.1, 0.15) is 11.1 Å². The predicted octanol–water partition coefficient (Wildman–Crippen LogP) is 5.95. The maximum absolute atomic E-state index is 13.3. The number of amides is 1. The maximum Gasteiger partial charge on any atom is 0.282 e. The van der Waals surface area contributed by atoms with Crippen LogP contribution in [0.15, 0.2) is 88.0 Å². The number of hydrogen-bond acceptors (Lipinski definition) is 3. The molecule has 1 heterocycles. The van der Waals surface area contributed by atoms with Crippen molar-refractivity contribution < 1.29 is 9.53 Å². The van der Waals surface area contributed by atoms with Gasteiger partial charge >= 0.3 is 0 Å². The molecule has 1 aliphatic heterocycles. The third kappa shape index (κ3) is 4.11. The van der Waals surface area contributed by atoms with Gasteiger partial charge in [0.05, 0.1) is 12.8 Å². The smallest absolute Gasteiger partial charge is 0.282 e. The third-order valence-electron chi connectivity index (χ3n) is 4.45. The predicted molar refractivity (Wildman–Crippen MR) is 121 cm³/mol. The molecule has 0 bridgehead atoms. The summed E-state index contributed by atoms with van der Waals surface area (Å²) in [6.45, 7) is 0. The average molecular weight is 468 g/mol. The van der Waals surface area contributed by atoms with E-state index in [0.717, 1.165) is 27.0 Å². The summed E-state index contributed by atoms with van der Waals surface area (Å²) in [5.74, 6) is 1.12. The molecule has 4 rings (SSSR count). The summed E-state index contributed by atoms with van der Waals surface area (Å²) in [6.07, 6.45) is 1.76. The number of amidine groups is 1. The number of hydrogen-bond donors (Lipinski definition) is 0. The van der Waals surface area contributed by atoms with Crippen LogP contribution in [0, 0.1) is 0 Å². The molecule has 0 radical (unpaired) electrons. The Hall–Kier alpha value is -2.89. The minimum Gasteiger partial charge on any atom is -0.497 e. The van der Waals surface area contributed by atoms with Gasteiger partial charge in [0, 0.05) is 15.1 Å². The van der Waals surface area contributed by atoms with Crippen LogP contribution in [0.25, 0.3) is 6.08 Å². The fourth-order valence-corrected chi connectivity index (χ4v) is 3.54. The Morgan fingerprint density at radius 1 is 1.03 bits per heavy atom. The van der Waals surface area contributed by atoms with Crippen molar-refractivity contribution in [3.8, 4) is 5.75 Å². The fourth-order valence-electron chi connectivity index (χ4n) is 3.02. The van der Waals surface area contributed by atoms with Gasteiger partial charge in [0.1, 0.15) is 17.3 Å². The number of nitrogens with zero attached hydrogens (tertiary/aromatic N) is 2. The Morgan fingerprint density at radius 3 is 2.41 bits per heavy atom. The number of carbonyl (C=O) groups excluding carboxylic acids is 1. The van der Waals surface area contributed by atoms with Crippen LogP contribution in [-0.4, -0.2) is 18.9 Å². The minimum atomic E-state index is -0.191. The summed E-state index contributed by atoms with van der Waals surface area (Å²) < 4.78 is 6.12. The molecule has 0 aliphatic carbocycles. The molecular weight excluding hydrogens is 452 g/mol. The molecule has 3 aromatic rings. The molecule has 0 unspecified atom stereocenters. The van der Waals surface area contributed by atoms with E-state index in [2.05, 4.69) is 20.9 Å². The van der Waals surface area contributed by atoms with Crippen molar-refractivity contribution in [3.05, 3.63) is 99.1 Å². The van der Waals surface area contributed by atoms with Crippen LogP contribution in [0.4, 0.5) is 5.69 Å². The molecule has 0 atom stereocenters. The van der Waals surface area contributed by atoms with Crippen LogP contribution in [0.2, 0.25) is 5.02 Å². The van der Waals surface area contributed by atoms with Crippen molar-refractivity contribution >= 4 is 51.0 Å². The summed E-state index contributed by atoms with van der Waals surface area (Å²) in [5.41, 5.74) is 2.77. The third-order valence-corrected chi connectivity index (χ3v) is 5.19. The van der Waals surface area contributed by atoms with E-state index >= 15 is 0 Å². The van der Waals surface area contributed by atoms with Gasteiger partial charge in [0.25, 0.3) is 5.91 Å². The normalized spacial score (nSPS) is 15.0. The molecule has 0 saturated carbocycles. The van der Waals surface area contributed by atoms with E-state index in [0.29, 0.717) is 16.6 Å². The molecule has 3 aromatic carbocycles. The molecule has 0 fully saturated rings. The van der Waals surface area contributed by atoms with Crippen molar-refractivity contribution in [2.24, 2.45) is 4.99 Å². The fraction of sp³-hybridized carbons (Fsp3) is 0.0435. The molecule has 0 saturated heterocycles. The standard InChI is InChI=1S/C23H16BrClN2O2/c1-29-20-11-7-16(8-12-20)22-26-21(13-15-5-9-18(25)10-6-15)23(28)27(22)19-4-2-3-17(24)14-19/h2-14H,1H3/b21-13+. The maximum atomic E-state index is 13.3. The number of anilines is 1. The van der Waals surface area contributed by atoms with Gasteiger partial charge in [-0.25, -0.2) is 4.99 Å². The molecule has 29 heavy (non-hydrogen) atoms. The summed E-state index contributed by atoms with van der Waals surface area (Å²) in [5, 5.41) is 0.642. The van der Waals surface area contributed by atoms with Crippen molar-refractivity contribution in [2.45, 2.75) is 0 Å². The lowest BCUT2D eigenvalue weighted by molar-refractivity contribution is -0.113. The van der Waals surface area contributed by atoms with E-state index in [1.165, 1.54) is 0 Å². The average Bonchev–Trinajstić information content (AvgIpc) is 3.06. The largest absolute Gasteiger partial charge is 0.497 e. The number of methoxy groups -OCH3 is 1. The topological polar surface area (TPSA) is 41.9 Å². The first-order valence-electron chi connectivity index (χ1n) is 8.85. The number of benzene rings is 3. The number of halogens is 2. The van der Waals surface area contributed by atoms with Gasteiger partial charge in [-0.1, -0.05) is 45.7 Å². The lowest BCUT2D eigenvalue weighted by Crippen LogP contribution is -2.32. The first kappa shape index (κ1) is 19.4. The van der Waals surface area contributed by atoms with Crippen LogP contribution >= 0.6 is 27.5 Å². The zero-order chi connectivity index (χ0) is 20.4. The van der Waals surface area contributed by atoms with Crippen LogP contribution in [-0.2, 0) is 4.79 Å². The lowest BCUT2D eigenvalue weighted by Gasteiger charge is -2.19. The quantitative estimate of drug-likeness (QED) is 0.445. The van der Waals surface area contributed by atoms with Gasteiger partial charge in [-0.2, -0.15) is 0 Å². The molecule has 0 aromatic heterocycles. The summed E-state index contributed by atoms with van der Waals surface area (Å²) >= 11 is 9.44. The summed E-state index contributed by atoms with van der Waals surface area (Å²) in [4.78, 5) is 19.6. The Bertz CT molecular complexity index is 1120. The SMILES string of the molecule is COc1ccc(C2=N/C(=C/c3ccc(Cl)cc3)C(=O)N2c2cccc(Br)c2)cc1. The first-order chi connectivity index (χ1) is 14.0. The highest BCUT2D eigenvalue weighted by atomic mass is 79.9. The molecule has 0 N–H and O–H groups in total. The van der Waals surface area contributed by atoms with E-state index < -0.39 is 0 Å². The second kappa shape index (κ2) is 8.23. The van der Waals surface area contributed by atoms with E-state index in [1.54, 1.807) is 30.2 Å². The molecule has 0 spiro atoms. The Balaban J connectivity index is 1.81. The van der Waals surface area contributed by atoms with Crippen LogP contribution in [0.5, 0.6) is 5.75 Å². The van der Waals surface area contributed by atoms with Crippen molar-refractivity contribution in [2.75, 3.05) is 12.0 Å². The minimum absolute atomic E-state index is 0.191. The highest BCUT2D eigenvalue weighted by molar-refractivity contribution is 9.10. The first-order valence-corrected chi connectivity index (χ1v) is 10.0. The molecule has 1 amide bonds. The van der Waals surface area contributed by atoms with E-state index in [-0.39, 0.29) is 5.91 Å². The van der Waals surface area contributed by atoms with Gasteiger partial charge in [-0.05, 0) is 66.2 Å². The van der Waals surface area contributed by atoms with Gasteiger partial charge in [-0.3, -0.25) is 9.69 Å². The van der Waals surface area contributed by atoms with Crippen LogP contribution < -0.4 is 9.64 Å². The second-order valence-corrected chi connectivity index (χ2v) is 7.72. The van der Waals surface area contributed by atoms with Gasteiger partial charge in [0.2, 0.25) is 0 Å². The zero-order valence-electron chi connectivity index (χ0n) is 15.5. The molecule has 144 valence electrons. The Kier molecular flexibility index (Phi) is 5.51. The highest BCUT2D eigenvalue weighted by Gasteiger charge is 2.32.